The number of nitrogens with zero attached hydrogens (tertiary/aromatic N) is 3. The van der Waals surface area contributed by atoms with Gasteiger partial charge in [0.25, 0.3) is 0 Å². The Morgan fingerprint density at radius 2 is 1.94 bits per heavy atom. The normalized spacial score (nSPS) is 16.0. The van der Waals surface area contributed by atoms with E-state index in [0.717, 1.165) is 63.2 Å². The molecule has 0 saturated carbocycles. The molecule has 0 radical (unpaired) electrons. The SMILES string of the molecule is CCNC(=NCC(c1ccc(OC)cc1)N1CCOCC1)NCCc1ccc(C)nc1. The summed E-state index contributed by atoms with van der Waals surface area (Å²) in [6, 6.07) is 12.7. The standard InChI is InChI=1S/C24H35N5O2/c1-4-25-24(26-12-11-20-6-5-19(2)27-17-20)28-18-23(29-13-15-31-16-14-29)21-7-9-22(30-3)10-8-21/h5-10,17,23H,4,11-16,18H2,1-3H3,(H2,25,26,28). The summed E-state index contributed by atoms with van der Waals surface area (Å²) >= 11 is 0. The van der Waals surface area contributed by atoms with E-state index in [4.69, 9.17) is 14.5 Å². The average Bonchev–Trinajstić information content (AvgIpc) is 2.81. The van der Waals surface area contributed by atoms with E-state index < -0.39 is 0 Å². The number of nitrogens with one attached hydrogen (secondary N) is 2. The molecule has 0 bridgehead atoms. The number of guanidine groups is 1. The molecule has 1 aliphatic rings. The maximum atomic E-state index is 5.56. The molecule has 2 aromatic rings. The predicted octanol–water partition coefficient (Wildman–Crippen LogP) is 2.57. The number of morpholine rings is 1. The van der Waals surface area contributed by atoms with Crippen molar-refractivity contribution in [1.82, 2.24) is 20.5 Å². The van der Waals surface area contributed by atoms with Gasteiger partial charge in [-0.1, -0.05) is 18.2 Å². The molecular weight excluding hydrogens is 390 g/mol. The van der Waals surface area contributed by atoms with Crippen LogP contribution in [0.4, 0.5) is 0 Å². The van der Waals surface area contributed by atoms with Crippen molar-refractivity contribution in [3.05, 3.63) is 59.4 Å². The van der Waals surface area contributed by atoms with Gasteiger partial charge in [-0.3, -0.25) is 14.9 Å². The molecule has 31 heavy (non-hydrogen) atoms. The van der Waals surface area contributed by atoms with Gasteiger partial charge in [0.1, 0.15) is 5.75 Å². The largest absolute Gasteiger partial charge is 0.497 e. The van der Waals surface area contributed by atoms with Crippen LogP contribution in [-0.2, 0) is 11.2 Å². The zero-order chi connectivity index (χ0) is 21.9. The second kappa shape index (κ2) is 12.3. The fourth-order valence-electron chi connectivity index (χ4n) is 3.64. The highest BCUT2D eigenvalue weighted by Gasteiger charge is 2.22. The zero-order valence-electron chi connectivity index (χ0n) is 18.9. The summed E-state index contributed by atoms with van der Waals surface area (Å²) < 4.78 is 10.9. The molecule has 1 aromatic carbocycles. The van der Waals surface area contributed by atoms with Crippen molar-refractivity contribution in [3.63, 3.8) is 0 Å². The van der Waals surface area contributed by atoms with Crippen LogP contribution in [-0.4, -0.2) is 68.9 Å². The van der Waals surface area contributed by atoms with Crippen LogP contribution in [0.1, 0.15) is 29.8 Å². The maximum absolute atomic E-state index is 5.56. The Bertz CT molecular complexity index is 802. The number of benzene rings is 1. The van der Waals surface area contributed by atoms with E-state index in [1.807, 2.05) is 25.3 Å². The van der Waals surface area contributed by atoms with Crippen molar-refractivity contribution in [3.8, 4) is 5.75 Å². The van der Waals surface area contributed by atoms with Gasteiger partial charge in [-0.2, -0.15) is 0 Å². The van der Waals surface area contributed by atoms with E-state index in [2.05, 4.69) is 51.7 Å². The smallest absolute Gasteiger partial charge is 0.191 e. The molecule has 2 N–H and O–H groups in total. The van der Waals surface area contributed by atoms with Gasteiger partial charge in [-0.25, -0.2) is 0 Å². The molecule has 1 fully saturated rings. The molecule has 1 unspecified atom stereocenters. The first-order chi connectivity index (χ1) is 15.2. The van der Waals surface area contributed by atoms with Crippen LogP contribution >= 0.6 is 0 Å². The topological polar surface area (TPSA) is 71.0 Å². The summed E-state index contributed by atoms with van der Waals surface area (Å²) in [6.07, 6.45) is 2.85. The molecule has 1 aromatic heterocycles. The molecule has 0 amide bonds. The molecule has 1 aliphatic heterocycles. The average molecular weight is 426 g/mol. The van der Waals surface area contributed by atoms with Crippen LogP contribution in [0.15, 0.2) is 47.6 Å². The van der Waals surface area contributed by atoms with E-state index in [-0.39, 0.29) is 6.04 Å². The lowest BCUT2D eigenvalue weighted by Gasteiger charge is -2.34. The number of methoxy groups -OCH3 is 1. The highest BCUT2D eigenvalue weighted by molar-refractivity contribution is 5.79. The molecule has 7 nitrogen and oxygen atoms in total. The second-order valence-corrected chi connectivity index (χ2v) is 7.64. The van der Waals surface area contributed by atoms with Crippen LogP contribution in [0.3, 0.4) is 0 Å². The molecule has 2 heterocycles. The van der Waals surface area contributed by atoms with Crippen LogP contribution < -0.4 is 15.4 Å². The fraction of sp³-hybridized carbons (Fsp3) is 0.500. The fourth-order valence-corrected chi connectivity index (χ4v) is 3.64. The quantitative estimate of drug-likeness (QED) is 0.475. The van der Waals surface area contributed by atoms with Gasteiger partial charge in [0, 0.05) is 38.1 Å². The van der Waals surface area contributed by atoms with E-state index in [0.29, 0.717) is 6.54 Å². The van der Waals surface area contributed by atoms with E-state index in [1.54, 1.807) is 7.11 Å². The number of aromatic nitrogens is 1. The highest BCUT2D eigenvalue weighted by Crippen LogP contribution is 2.24. The van der Waals surface area contributed by atoms with Crippen LogP contribution in [0.25, 0.3) is 0 Å². The van der Waals surface area contributed by atoms with Crippen molar-refractivity contribution in [2.24, 2.45) is 4.99 Å². The first-order valence-corrected chi connectivity index (χ1v) is 11.1. The number of ether oxygens (including phenoxy) is 2. The Morgan fingerprint density at radius 3 is 2.58 bits per heavy atom. The summed E-state index contributed by atoms with van der Waals surface area (Å²) in [7, 11) is 1.69. The van der Waals surface area contributed by atoms with Crippen LogP contribution in [0.5, 0.6) is 5.75 Å². The lowest BCUT2D eigenvalue weighted by atomic mass is 10.0. The number of aryl methyl sites for hydroxylation is 1. The number of hydrogen-bond acceptors (Lipinski definition) is 5. The minimum absolute atomic E-state index is 0.201. The number of pyridine rings is 1. The number of hydrogen-bond donors (Lipinski definition) is 2. The summed E-state index contributed by atoms with van der Waals surface area (Å²) in [5.74, 6) is 1.71. The lowest BCUT2D eigenvalue weighted by molar-refractivity contribution is 0.0179. The van der Waals surface area contributed by atoms with Crippen LogP contribution in [0, 0.1) is 6.92 Å². The summed E-state index contributed by atoms with van der Waals surface area (Å²) in [4.78, 5) is 11.7. The van der Waals surface area contributed by atoms with Gasteiger partial charge < -0.3 is 20.1 Å². The van der Waals surface area contributed by atoms with Gasteiger partial charge in [0.2, 0.25) is 0 Å². The van der Waals surface area contributed by atoms with Gasteiger partial charge in [0.05, 0.1) is 32.9 Å². The molecule has 1 atom stereocenters. The van der Waals surface area contributed by atoms with Crippen molar-refractivity contribution in [2.45, 2.75) is 26.3 Å². The molecule has 0 spiro atoms. The molecular formula is C24H35N5O2. The lowest BCUT2D eigenvalue weighted by Crippen LogP contribution is -2.42. The van der Waals surface area contributed by atoms with Crippen molar-refractivity contribution in [1.29, 1.82) is 0 Å². The zero-order valence-corrected chi connectivity index (χ0v) is 18.9. The van der Waals surface area contributed by atoms with E-state index >= 15 is 0 Å². The number of aliphatic imine (C=N–C) groups is 1. The Balaban J connectivity index is 1.66. The summed E-state index contributed by atoms with van der Waals surface area (Å²) in [5, 5.41) is 6.83. The molecule has 1 saturated heterocycles. The molecule has 3 rings (SSSR count). The summed E-state index contributed by atoms with van der Waals surface area (Å²) in [6.45, 7) is 9.75. The van der Waals surface area contributed by atoms with E-state index in [1.165, 1.54) is 11.1 Å². The summed E-state index contributed by atoms with van der Waals surface area (Å²) in [5.41, 5.74) is 3.51. The Morgan fingerprint density at radius 1 is 1.16 bits per heavy atom. The number of rotatable bonds is 9. The second-order valence-electron chi connectivity index (χ2n) is 7.64. The Kier molecular flexibility index (Phi) is 9.12. The third-order valence-electron chi connectivity index (χ3n) is 5.43. The van der Waals surface area contributed by atoms with Gasteiger partial charge in [0.15, 0.2) is 5.96 Å². The first-order valence-electron chi connectivity index (χ1n) is 11.1. The minimum atomic E-state index is 0.201. The van der Waals surface area contributed by atoms with Gasteiger partial charge >= 0.3 is 0 Å². The third kappa shape index (κ3) is 7.22. The third-order valence-corrected chi connectivity index (χ3v) is 5.43. The predicted molar refractivity (Wildman–Crippen MR) is 125 cm³/mol. The van der Waals surface area contributed by atoms with Crippen molar-refractivity contribution < 1.29 is 9.47 Å². The molecule has 0 aliphatic carbocycles. The first kappa shape index (κ1) is 23.0. The van der Waals surface area contributed by atoms with Crippen molar-refractivity contribution in [2.75, 3.05) is 53.0 Å². The Labute approximate surface area is 185 Å². The maximum Gasteiger partial charge on any atom is 0.191 e. The molecule has 168 valence electrons. The Hall–Kier alpha value is -2.64. The molecule has 7 heteroatoms. The highest BCUT2D eigenvalue weighted by atomic mass is 16.5. The van der Waals surface area contributed by atoms with Gasteiger partial charge in [-0.05, 0) is 49.6 Å². The van der Waals surface area contributed by atoms with Crippen molar-refractivity contribution >= 4 is 5.96 Å². The van der Waals surface area contributed by atoms with Crippen LogP contribution in [0.2, 0.25) is 0 Å². The van der Waals surface area contributed by atoms with E-state index in [9.17, 15) is 0 Å². The monoisotopic (exact) mass is 425 g/mol. The van der Waals surface area contributed by atoms with Gasteiger partial charge in [-0.15, -0.1) is 0 Å². The minimum Gasteiger partial charge on any atom is -0.497 e.